The predicted octanol–water partition coefficient (Wildman–Crippen LogP) is 2.90. The number of nitrogens with two attached hydrogens (primary N) is 2. The van der Waals surface area contributed by atoms with Gasteiger partial charge in [-0.15, -0.1) is 0 Å². The number of rotatable bonds is 2. The van der Waals surface area contributed by atoms with Gasteiger partial charge in [-0.05, 0) is 28.5 Å². The molecular formula is C18H13F2N3O2. The van der Waals surface area contributed by atoms with Crippen LogP contribution in [-0.4, -0.2) is 17.0 Å². The highest BCUT2D eigenvalue weighted by Crippen LogP contribution is 2.34. The monoisotopic (exact) mass is 341 g/mol. The molecule has 0 atom stereocenters. The molecule has 0 bridgehead atoms. The number of phenolic OH excluding ortho intramolecular Hbond substituents is 1. The quantitative estimate of drug-likeness (QED) is 0.493. The van der Waals surface area contributed by atoms with Crippen LogP contribution in [0.25, 0.3) is 21.9 Å². The summed E-state index contributed by atoms with van der Waals surface area (Å²) >= 11 is 0. The van der Waals surface area contributed by atoms with Crippen LogP contribution in [0.4, 0.5) is 8.78 Å². The first-order valence-corrected chi connectivity index (χ1v) is 7.22. The van der Waals surface area contributed by atoms with E-state index in [4.69, 9.17) is 11.5 Å². The van der Waals surface area contributed by atoms with Crippen molar-refractivity contribution < 1.29 is 18.7 Å². The highest BCUT2D eigenvalue weighted by molar-refractivity contribution is 6.06. The highest BCUT2D eigenvalue weighted by Gasteiger charge is 2.16. The SMILES string of the molecule is NC(N)=NC(=O)c1ccc2cccc(-c3c(F)cc(O)cc3F)c2c1. The standard InChI is InChI=1S/C18H13F2N3O2/c19-14-7-11(24)8-15(20)16(14)12-3-1-2-9-4-5-10(6-13(9)12)17(25)23-18(21)22/h1-8,24H,(H4,21,22,23,25). The van der Waals surface area contributed by atoms with E-state index in [0.717, 1.165) is 12.1 Å². The average molecular weight is 341 g/mol. The highest BCUT2D eigenvalue weighted by atomic mass is 19.1. The van der Waals surface area contributed by atoms with E-state index in [1.54, 1.807) is 18.2 Å². The zero-order valence-corrected chi connectivity index (χ0v) is 12.8. The van der Waals surface area contributed by atoms with Gasteiger partial charge in [0.05, 0.1) is 5.56 Å². The van der Waals surface area contributed by atoms with Gasteiger partial charge in [0, 0.05) is 17.7 Å². The van der Waals surface area contributed by atoms with Crippen molar-refractivity contribution in [3.05, 3.63) is 65.7 Å². The molecule has 0 radical (unpaired) electrons. The molecular weight excluding hydrogens is 328 g/mol. The predicted molar refractivity (Wildman–Crippen MR) is 91.1 cm³/mol. The Morgan fingerprint density at radius 3 is 2.32 bits per heavy atom. The number of guanidine groups is 1. The summed E-state index contributed by atoms with van der Waals surface area (Å²) in [5, 5.41) is 10.4. The Balaban J connectivity index is 2.27. The van der Waals surface area contributed by atoms with Crippen molar-refractivity contribution in [2.75, 3.05) is 0 Å². The summed E-state index contributed by atoms with van der Waals surface area (Å²) in [5.74, 6) is -3.38. The summed E-state index contributed by atoms with van der Waals surface area (Å²) < 4.78 is 28.5. The third-order valence-electron chi connectivity index (χ3n) is 3.66. The molecule has 7 heteroatoms. The van der Waals surface area contributed by atoms with Crippen LogP contribution in [0.15, 0.2) is 53.5 Å². The van der Waals surface area contributed by atoms with Gasteiger partial charge in [-0.25, -0.2) is 8.78 Å². The molecule has 0 saturated heterocycles. The maximum atomic E-state index is 14.2. The van der Waals surface area contributed by atoms with Crippen molar-refractivity contribution in [3.63, 3.8) is 0 Å². The van der Waals surface area contributed by atoms with Gasteiger partial charge in [-0.3, -0.25) is 4.79 Å². The lowest BCUT2D eigenvalue weighted by molar-refractivity contribution is 0.100. The second kappa shape index (κ2) is 6.20. The van der Waals surface area contributed by atoms with Crippen LogP contribution in [-0.2, 0) is 0 Å². The first kappa shape index (κ1) is 16.4. The number of aromatic hydroxyl groups is 1. The zero-order valence-electron chi connectivity index (χ0n) is 12.8. The van der Waals surface area contributed by atoms with E-state index in [0.29, 0.717) is 10.8 Å². The average Bonchev–Trinajstić information content (AvgIpc) is 2.53. The number of amides is 1. The van der Waals surface area contributed by atoms with E-state index < -0.39 is 23.3 Å². The van der Waals surface area contributed by atoms with Crippen LogP contribution >= 0.6 is 0 Å². The van der Waals surface area contributed by atoms with Gasteiger partial charge in [0.2, 0.25) is 0 Å². The Bertz CT molecular complexity index is 1010. The molecule has 25 heavy (non-hydrogen) atoms. The smallest absolute Gasteiger partial charge is 0.280 e. The number of nitrogens with zero attached hydrogens (tertiary/aromatic N) is 1. The first-order chi connectivity index (χ1) is 11.9. The van der Waals surface area contributed by atoms with Crippen LogP contribution in [0, 0.1) is 11.6 Å². The number of carbonyl (C=O) groups excluding carboxylic acids is 1. The molecule has 5 N–H and O–H groups in total. The Labute approximate surface area is 141 Å². The maximum Gasteiger partial charge on any atom is 0.280 e. The van der Waals surface area contributed by atoms with Gasteiger partial charge in [-0.2, -0.15) is 4.99 Å². The van der Waals surface area contributed by atoms with Crippen molar-refractivity contribution in [1.82, 2.24) is 0 Å². The fourth-order valence-electron chi connectivity index (χ4n) is 2.62. The molecule has 0 heterocycles. The number of aliphatic imine (C=N–C) groups is 1. The van der Waals surface area contributed by atoms with E-state index in [2.05, 4.69) is 4.99 Å². The minimum Gasteiger partial charge on any atom is -0.508 e. The number of carbonyl (C=O) groups is 1. The van der Waals surface area contributed by atoms with E-state index in [9.17, 15) is 18.7 Å². The number of benzene rings is 3. The van der Waals surface area contributed by atoms with Crippen LogP contribution < -0.4 is 11.5 Å². The molecule has 0 aliphatic heterocycles. The largest absolute Gasteiger partial charge is 0.508 e. The van der Waals surface area contributed by atoms with Gasteiger partial charge in [0.15, 0.2) is 5.96 Å². The summed E-state index contributed by atoms with van der Waals surface area (Å²) in [6.07, 6.45) is 0. The minimum atomic E-state index is -0.911. The molecule has 0 aromatic heterocycles. The molecule has 3 rings (SSSR count). The topological polar surface area (TPSA) is 102 Å². The van der Waals surface area contributed by atoms with Crippen LogP contribution in [0.1, 0.15) is 10.4 Å². The normalized spacial score (nSPS) is 10.6. The van der Waals surface area contributed by atoms with Crippen molar-refractivity contribution >= 4 is 22.6 Å². The van der Waals surface area contributed by atoms with Crippen molar-refractivity contribution in [2.45, 2.75) is 0 Å². The van der Waals surface area contributed by atoms with Crippen molar-refractivity contribution in [1.29, 1.82) is 0 Å². The number of halogens is 2. The Hall–Kier alpha value is -3.48. The lowest BCUT2D eigenvalue weighted by Gasteiger charge is -2.10. The van der Waals surface area contributed by atoms with Gasteiger partial charge in [-0.1, -0.05) is 24.3 Å². The molecule has 0 saturated carbocycles. The van der Waals surface area contributed by atoms with Crippen LogP contribution in [0.5, 0.6) is 5.75 Å². The third-order valence-corrected chi connectivity index (χ3v) is 3.66. The molecule has 3 aromatic rings. The maximum absolute atomic E-state index is 14.2. The van der Waals surface area contributed by atoms with E-state index in [1.807, 2.05) is 0 Å². The first-order valence-electron chi connectivity index (χ1n) is 7.22. The molecule has 3 aromatic carbocycles. The van der Waals surface area contributed by atoms with Crippen molar-refractivity contribution in [2.24, 2.45) is 16.5 Å². The summed E-state index contributed by atoms with van der Waals surface area (Å²) in [6, 6.07) is 11.2. The molecule has 0 unspecified atom stereocenters. The van der Waals surface area contributed by atoms with Gasteiger partial charge in [0.25, 0.3) is 5.91 Å². The number of hydrogen-bond acceptors (Lipinski definition) is 2. The molecule has 0 fully saturated rings. The molecule has 0 spiro atoms. The summed E-state index contributed by atoms with van der Waals surface area (Å²) in [6.45, 7) is 0. The van der Waals surface area contributed by atoms with Crippen LogP contribution in [0.3, 0.4) is 0 Å². The van der Waals surface area contributed by atoms with E-state index in [-0.39, 0.29) is 22.6 Å². The third kappa shape index (κ3) is 3.12. The number of hydrogen-bond donors (Lipinski definition) is 3. The van der Waals surface area contributed by atoms with Gasteiger partial charge in [0.1, 0.15) is 17.4 Å². The molecule has 126 valence electrons. The molecule has 5 nitrogen and oxygen atoms in total. The molecule has 0 aliphatic carbocycles. The Morgan fingerprint density at radius 1 is 1.00 bits per heavy atom. The second-order valence-electron chi connectivity index (χ2n) is 5.37. The molecule has 1 amide bonds. The molecule has 0 aliphatic rings. The Morgan fingerprint density at radius 2 is 1.68 bits per heavy atom. The zero-order chi connectivity index (χ0) is 18.1. The van der Waals surface area contributed by atoms with Gasteiger partial charge < -0.3 is 16.6 Å². The number of fused-ring (bicyclic) bond motifs is 1. The van der Waals surface area contributed by atoms with Crippen molar-refractivity contribution in [3.8, 4) is 16.9 Å². The summed E-state index contributed by atoms with van der Waals surface area (Å²) in [4.78, 5) is 15.5. The van der Waals surface area contributed by atoms with E-state index >= 15 is 0 Å². The summed E-state index contributed by atoms with van der Waals surface area (Å²) in [5.41, 5.74) is 10.5. The second-order valence-corrected chi connectivity index (χ2v) is 5.37. The fraction of sp³-hybridized carbons (Fsp3) is 0. The van der Waals surface area contributed by atoms with Crippen LogP contribution in [0.2, 0.25) is 0 Å². The lowest BCUT2D eigenvalue weighted by Crippen LogP contribution is -2.24. The van der Waals surface area contributed by atoms with Gasteiger partial charge >= 0.3 is 0 Å². The number of phenols is 1. The van der Waals surface area contributed by atoms with E-state index in [1.165, 1.54) is 18.2 Å². The fourth-order valence-corrected chi connectivity index (χ4v) is 2.62. The summed E-state index contributed by atoms with van der Waals surface area (Å²) in [7, 11) is 0. The lowest BCUT2D eigenvalue weighted by atomic mass is 9.95. The minimum absolute atomic E-state index is 0.174. The Kier molecular flexibility index (Phi) is 4.06.